The van der Waals surface area contributed by atoms with E-state index in [0.29, 0.717) is 17.0 Å². The number of benzene rings is 2. The molecule has 1 aromatic heterocycles. The predicted molar refractivity (Wildman–Crippen MR) is 93.1 cm³/mol. The van der Waals surface area contributed by atoms with E-state index in [2.05, 4.69) is 5.10 Å². The van der Waals surface area contributed by atoms with E-state index < -0.39 is 22.9 Å². The molecular formula is C18H15N3O5. The number of methoxy groups -OCH3 is 1. The fraction of sp³-hybridized carbons (Fsp3) is 0.111. The lowest BCUT2D eigenvalue weighted by molar-refractivity contribution is 0.0684. The highest BCUT2D eigenvalue weighted by atomic mass is 16.5. The van der Waals surface area contributed by atoms with Crippen molar-refractivity contribution in [3.05, 3.63) is 86.7 Å². The van der Waals surface area contributed by atoms with Crippen molar-refractivity contribution < 1.29 is 14.6 Å². The molecular weight excluding hydrogens is 338 g/mol. The minimum atomic E-state index is -1.50. The van der Waals surface area contributed by atoms with Crippen LogP contribution in [-0.2, 0) is 6.54 Å². The number of aromatic carboxylic acids is 1. The van der Waals surface area contributed by atoms with Crippen molar-refractivity contribution in [1.29, 1.82) is 0 Å². The van der Waals surface area contributed by atoms with Crippen molar-refractivity contribution in [3.63, 3.8) is 0 Å². The van der Waals surface area contributed by atoms with Gasteiger partial charge < -0.3 is 9.84 Å². The third-order valence-corrected chi connectivity index (χ3v) is 3.74. The Bertz CT molecular complexity index is 1070. The zero-order valence-corrected chi connectivity index (χ0v) is 13.8. The summed E-state index contributed by atoms with van der Waals surface area (Å²) in [6.07, 6.45) is 0. The largest absolute Gasteiger partial charge is 0.497 e. The number of para-hydroxylation sites is 1. The molecule has 3 rings (SSSR count). The van der Waals surface area contributed by atoms with Gasteiger partial charge in [0.25, 0.3) is 5.56 Å². The molecule has 0 aliphatic rings. The minimum absolute atomic E-state index is 0.107. The van der Waals surface area contributed by atoms with E-state index in [4.69, 9.17) is 4.74 Å². The van der Waals surface area contributed by atoms with Crippen LogP contribution in [0.5, 0.6) is 5.75 Å². The summed E-state index contributed by atoms with van der Waals surface area (Å²) < 4.78 is 6.88. The summed E-state index contributed by atoms with van der Waals surface area (Å²) >= 11 is 0. The number of carbonyl (C=O) groups is 1. The number of nitrogens with zero attached hydrogens (tertiary/aromatic N) is 3. The molecule has 0 unspecified atom stereocenters. The van der Waals surface area contributed by atoms with Crippen LogP contribution in [0.15, 0.2) is 64.2 Å². The second kappa shape index (κ2) is 7.06. The summed E-state index contributed by atoms with van der Waals surface area (Å²) in [5.41, 5.74) is -1.44. The van der Waals surface area contributed by atoms with E-state index in [1.807, 2.05) is 0 Å². The Hall–Kier alpha value is -3.68. The second-order valence-corrected chi connectivity index (χ2v) is 5.43. The number of aromatic nitrogens is 3. The standard InChI is InChI=1S/C18H15N3O5/c1-26-14-9-5-6-12(10-14)11-20-16(22)15(17(23)24)19-21(18(20)25)13-7-3-2-4-8-13/h2-10H,11H2,1H3,(H,23,24). The molecule has 0 amide bonds. The smallest absolute Gasteiger partial charge is 0.362 e. The molecule has 8 heteroatoms. The van der Waals surface area contributed by atoms with Crippen LogP contribution in [0.3, 0.4) is 0 Å². The molecule has 1 N–H and O–H groups in total. The van der Waals surface area contributed by atoms with E-state index in [0.717, 1.165) is 9.25 Å². The molecule has 26 heavy (non-hydrogen) atoms. The van der Waals surface area contributed by atoms with Gasteiger partial charge in [-0.2, -0.15) is 9.78 Å². The number of carboxylic acid groups (broad SMARTS) is 1. The van der Waals surface area contributed by atoms with Gasteiger partial charge in [-0.1, -0.05) is 30.3 Å². The Morgan fingerprint density at radius 2 is 1.85 bits per heavy atom. The average molecular weight is 353 g/mol. The summed E-state index contributed by atoms with van der Waals surface area (Å²) in [6, 6.07) is 15.1. The van der Waals surface area contributed by atoms with Crippen LogP contribution >= 0.6 is 0 Å². The number of ether oxygens (including phenoxy) is 1. The number of carboxylic acids is 1. The Labute approximate surface area is 147 Å². The fourth-order valence-electron chi connectivity index (χ4n) is 2.48. The molecule has 0 atom stereocenters. The zero-order valence-electron chi connectivity index (χ0n) is 13.8. The lowest BCUT2D eigenvalue weighted by Crippen LogP contribution is -2.44. The van der Waals surface area contributed by atoms with Crippen LogP contribution in [0.25, 0.3) is 5.69 Å². The average Bonchev–Trinajstić information content (AvgIpc) is 2.66. The Balaban J connectivity index is 2.20. The molecule has 0 bridgehead atoms. The van der Waals surface area contributed by atoms with E-state index in [9.17, 15) is 19.5 Å². The van der Waals surface area contributed by atoms with E-state index in [1.54, 1.807) is 54.6 Å². The van der Waals surface area contributed by atoms with Crippen LogP contribution in [0, 0.1) is 0 Å². The predicted octanol–water partition coefficient (Wildman–Crippen LogP) is 1.15. The van der Waals surface area contributed by atoms with Crippen LogP contribution < -0.4 is 16.0 Å². The Morgan fingerprint density at radius 1 is 1.12 bits per heavy atom. The molecule has 0 fully saturated rings. The third kappa shape index (κ3) is 3.25. The van der Waals surface area contributed by atoms with E-state index in [-0.39, 0.29) is 6.54 Å². The highest BCUT2D eigenvalue weighted by Gasteiger charge is 2.19. The number of hydrogen-bond acceptors (Lipinski definition) is 5. The summed E-state index contributed by atoms with van der Waals surface area (Å²) in [5, 5.41) is 13.0. The normalized spacial score (nSPS) is 10.5. The third-order valence-electron chi connectivity index (χ3n) is 3.74. The zero-order chi connectivity index (χ0) is 18.7. The van der Waals surface area contributed by atoms with Crippen LogP contribution in [0.2, 0.25) is 0 Å². The van der Waals surface area contributed by atoms with Gasteiger partial charge in [0.05, 0.1) is 19.3 Å². The molecule has 8 nitrogen and oxygen atoms in total. The molecule has 0 saturated heterocycles. The minimum Gasteiger partial charge on any atom is -0.497 e. The van der Waals surface area contributed by atoms with Gasteiger partial charge in [0, 0.05) is 0 Å². The van der Waals surface area contributed by atoms with E-state index >= 15 is 0 Å². The van der Waals surface area contributed by atoms with Gasteiger partial charge >= 0.3 is 11.7 Å². The molecule has 2 aromatic carbocycles. The second-order valence-electron chi connectivity index (χ2n) is 5.43. The van der Waals surface area contributed by atoms with Crippen LogP contribution in [-0.4, -0.2) is 32.5 Å². The molecule has 0 radical (unpaired) electrons. The molecule has 0 saturated carbocycles. The highest BCUT2D eigenvalue weighted by molar-refractivity contribution is 5.84. The lowest BCUT2D eigenvalue weighted by Gasteiger charge is -2.11. The number of rotatable bonds is 5. The Kier molecular flexibility index (Phi) is 4.66. The van der Waals surface area contributed by atoms with E-state index in [1.165, 1.54) is 7.11 Å². The topological polar surface area (TPSA) is 103 Å². The van der Waals surface area contributed by atoms with Gasteiger partial charge in [-0.3, -0.25) is 9.36 Å². The lowest BCUT2D eigenvalue weighted by atomic mass is 10.2. The van der Waals surface area contributed by atoms with Crippen molar-refractivity contribution in [1.82, 2.24) is 14.3 Å². The van der Waals surface area contributed by atoms with Gasteiger partial charge in [0.1, 0.15) is 5.75 Å². The highest BCUT2D eigenvalue weighted by Crippen LogP contribution is 2.12. The maximum atomic E-state index is 12.8. The molecule has 0 spiro atoms. The first kappa shape index (κ1) is 17.2. The molecule has 1 heterocycles. The first-order valence-electron chi connectivity index (χ1n) is 7.67. The maximum Gasteiger partial charge on any atom is 0.362 e. The Morgan fingerprint density at radius 3 is 2.50 bits per heavy atom. The van der Waals surface area contributed by atoms with Gasteiger partial charge in [-0.25, -0.2) is 9.59 Å². The summed E-state index contributed by atoms with van der Waals surface area (Å²) in [6.45, 7) is -0.107. The van der Waals surface area contributed by atoms with Crippen molar-refractivity contribution >= 4 is 5.97 Å². The molecule has 0 aliphatic heterocycles. The van der Waals surface area contributed by atoms with Crippen molar-refractivity contribution in [2.45, 2.75) is 6.54 Å². The molecule has 132 valence electrons. The van der Waals surface area contributed by atoms with Crippen molar-refractivity contribution in [2.75, 3.05) is 7.11 Å². The summed E-state index contributed by atoms with van der Waals surface area (Å²) in [4.78, 5) is 36.6. The van der Waals surface area contributed by atoms with Crippen LogP contribution in [0.4, 0.5) is 0 Å². The maximum absolute atomic E-state index is 12.8. The SMILES string of the molecule is COc1cccc(Cn2c(=O)c(C(=O)O)nn(-c3ccccc3)c2=O)c1. The molecule has 0 aliphatic carbocycles. The van der Waals surface area contributed by atoms with Gasteiger partial charge in [0.15, 0.2) is 0 Å². The van der Waals surface area contributed by atoms with Crippen molar-refractivity contribution in [2.24, 2.45) is 0 Å². The monoisotopic (exact) mass is 353 g/mol. The van der Waals surface area contributed by atoms with Gasteiger partial charge in [-0.05, 0) is 29.8 Å². The fourth-order valence-corrected chi connectivity index (χ4v) is 2.48. The van der Waals surface area contributed by atoms with Gasteiger partial charge in [-0.15, -0.1) is 0 Å². The summed E-state index contributed by atoms with van der Waals surface area (Å²) in [7, 11) is 1.50. The first-order chi connectivity index (χ1) is 12.5. The van der Waals surface area contributed by atoms with Crippen LogP contribution in [0.1, 0.15) is 16.1 Å². The van der Waals surface area contributed by atoms with Crippen molar-refractivity contribution in [3.8, 4) is 11.4 Å². The summed E-state index contributed by atoms with van der Waals surface area (Å²) in [5.74, 6) is -0.939. The first-order valence-corrected chi connectivity index (χ1v) is 7.67. The molecule has 3 aromatic rings. The quantitative estimate of drug-likeness (QED) is 0.738. The number of hydrogen-bond donors (Lipinski definition) is 1. The van der Waals surface area contributed by atoms with Gasteiger partial charge in [0.2, 0.25) is 5.69 Å².